The smallest absolute Gasteiger partial charge is 0.126 e. The number of hydrogen-bond acceptors (Lipinski definition) is 4. The van der Waals surface area contributed by atoms with Gasteiger partial charge in [-0.1, -0.05) is 17.7 Å². The molecule has 0 fully saturated rings. The van der Waals surface area contributed by atoms with Crippen molar-refractivity contribution in [1.82, 2.24) is 0 Å². The molecule has 2 aromatic carbocycles. The molecular weight excluding hydrogens is 290 g/mol. The highest BCUT2D eigenvalue weighted by atomic mass is 35.5. The van der Waals surface area contributed by atoms with E-state index in [9.17, 15) is 5.11 Å². The number of aliphatic hydroxyl groups excluding tert-OH is 1. The van der Waals surface area contributed by atoms with Crippen LogP contribution in [0.5, 0.6) is 11.5 Å². The van der Waals surface area contributed by atoms with E-state index in [2.05, 4.69) is 6.07 Å². The first-order valence-electron chi connectivity index (χ1n) is 6.27. The van der Waals surface area contributed by atoms with Crippen molar-refractivity contribution in [2.24, 2.45) is 0 Å². The van der Waals surface area contributed by atoms with Gasteiger partial charge in [0.05, 0.1) is 25.3 Å². The van der Waals surface area contributed by atoms with Crippen LogP contribution in [0.25, 0.3) is 0 Å². The van der Waals surface area contributed by atoms with E-state index in [1.807, 2.05) is 0 Å². The largest absolute Gasteiger partial charge is 0.496 e. The molecule has 0 aliphatic heterocycles. The standard InChI is InChI=1S/C16H14ClNO3/c1-20-15-6-5-11(8-18)7-12(15)10-21-16-4-2-3-14(17)13(16)9-19/h2-7,19H,9-10H2,1H3. The van der Waals surface area contributed by atoms with Gasteiger partial charge in [-0.2, -0.15) is 5.26 Å². The first-order chi connectivity index (χ1) is 10.2. The van der Waals surface area contributed by atoms with Crippen LogP contribution in [0.15, 0.2) is 36.4 Å². The van der Waals surface area contributed by atoms with E-state index in [-0.39, 0.29) is 13.2 Å². The minimum absolute atomic E-state index is 0.204. The molecule has 0 heterocycles. The highest BCUT2D eigenvalue weighted by Crippen LogP contribution is 2.28. The van der Waals surface area contributed by atoms with E-state index < -0.39 is 0 Å². The minimum atomic E-state index is -0.204. The third-order valence-electron chi connectivity index (χ3n) is 3.03. The molecule has 0 saturated carbocycles. The number of methoxy groups -OCH3 is 1. The van der Waals surface area contributed by atoms with Crippen LogP contribution in [0.2, 0.25) is 5.02 Å². The Hall–Kier alpha value is -2.22. The van der Waals surface area contributed by atoms with Crippen molar-refractivity contribution in [3.05, 3.63) is 58.1 Å². The number of rotatable bonds is 5. The number of nitrogens with zero attached hydrogens (tertiary/aromatic N) is 1. The van der Waals surface area contributed by atoms with Crippen LogP contribution in [0, 0.1) is 11.3 Å². The summed E-state index contributed by atoms with van der Waals surface area (Å²) >= 11 is 6.01. The second-order valence-electron chi connectivity index (χ2n) is 4.30. The van der Waals surface area contributed by atoms with Crippen molar-refractivity contribution in [2.45, 2.75) is 13.2 Å². The molecule has 0 atom stereocenters. The number of nitriles is 1. The predicted molar refractivity (Wildman–Crippen MR) is 79.4 cm³/mol. The lowest BCUT2D eigenvalue weighted by molar-refractivity contribution is 0.257. The molecule has 0 spiro atoms. The predicted octanol–water partition coefficient (Wildman–Crippen LogP) is 3.29. The fraction of sp³-hybridized carbons (Fsp3) is 0.188. The molecule has 2 rings (SSSR count). The van der Waals surface area contributed by atoms with Gasteiger partial charge in [-0.25, -0.2) is 0 Å². The summed E-state index contributed by atoms with van der Waals surface area (Å²) in [7, 11) is 1.56. The third-order valence-corrected chi connectivity index (χ3v) is 3.38. The maximum Gasteiger partial charge on any atom is 0.126 e. The summed E-state index contributed by atoms with van der Waals surface area (Å²) in [5.74, 6) is 1.15. The molecular formula is C16H14ClNO3. The molecule has 0 saturated heterocycles. The van der Waals surface area contributed by atoms with Gasteiger partial charge in [0, 0.05) is 16.1 Å². The lowest BCUT2D eigenvalue weighted by Gasteiger charge is -2.13. The normalized spacial score (nSPS) is 10.0. The van der Waals surface area contributed by atoms with Crippen LogP contribution in [0.3, 0.4) is 0 Å². The van der Waals surface area contributed by atoms with Gasteiger partial charge in [-0.05, 0) is 30.3 Å². The Kier molecular flexibility index (Phi) is 5.04. The molecule has 0 aliphatic rings. The molecule has 21 heavy (non-hydrogen) atoms. The van der Waals surface area contributed by atoms with Gasteiger partial charge in [0.25, 0.3) is 0 Å². The Balaban J connectivity index is 2.24. The van der Waals surface area contributed by atoms with Crippen LogP contribution < -0.4 is 9.47 Å². The van der Waals surface area contributed by atoms with Crippen LogP contribution in [0.1, 0.15) is 16.7 Å². The Morgan fingerprint density at radius 3 is 2.71 bits per heavy atom. The SMILES string of the molecule is COc1ccc(C#N)cc1COc1cccc(Cl)c1CO. The van der Waals surface area contributed by atoms with E-state index >= 15 is 0 Å². The first kappa shape index (κ1) is 15.2. The molecule has 0 bridgehead atoms. The monoisotopic (exact) mass is 303 g/mol. The van der Waals surface area contributed by atoms with Crippen LogP contribution in [-0.4, -0.2) is 12.2 Å². The maximum absolute atomic E-state index is 9.35. The lowest BCUT2D eigenvalue weighted by Crippen LogP contribution is -2.02. The van der Waals surface area contributed by atoms with Gasteiger partial charge in [0.2, 0.25) is 0 Å². The molecule has 0 aromatic heterocycles. The lowest BCUT2D eigenvalue weighted by atomic mass is 10.1. The molecule has 0 radical (unpaired) electrons. The zero-order chi connectivity index (χ0) is 15.2. The van der Waals surface area contributed by atoms with E-state index in [4.69, 9.17) is 26.3 Å². The second-order valence-corrected chi connectivity index (χ2v) is 4.71. The van der Waals surface area contributed by atoms with Gasteiger partial charge in [0.15, 0.2) is 0 Å². The highest BCUT2D eigenvalue weighted by Gasteiger charge is 2.10. The number of hydrogen-bond donors (Lipinski definition) is 1. The fourth-order valence-corrected chi connectivity index (χ4v) is 2.17. The molecule has 5 heteroatoms. The topological polar surface area (TPSA) is 62.5 Å². The van der Waals surface area contributed by atoms with Crippen molar-refractivity contribution in [2.75, 3.05) is 7.11 Å². The van der Waals surface area contributed by atoms with Gasteiger partial charge >= 0.3 is 0 Å². The van der Waals surface area contributed by atoms with Gasteiger partial charge in [-0.15, -0.1) is 0 Å². The van der Waals surface area contributed by atoms with Crippen molar-refractivity contribution in [3.8, 4) is 17.6 Å². The molecule has 0 unspecified atom stereocenters. The average Bonchev–Trinajstić information content (AvgIpc) is 2.52. The van der Waals surface area contributed by atoms with Gasteiger partial charge in [0.1, 0.15) is 18.1 Å². The van der Waals surface area contributed by atoms with Crippen molar-refractivity contribution in [1.29, 1.82) is 5.26 Å². The number of benzene rings is 2. The summed E-state index contributed by atoms with van der Waals surface area (Å²) in [6, 6.07) is 12.4. The summed E-state index contributed by atoms with van der Waals surface area (Å²) < 4.78 is 11.0. The van der Waals surface area contributed by atoms with E-state index in [0.29, 0.717) is 27.6 Å². The van der Waals surface area contributed by atoms with Crippen molar-refractivity contribution >= 4 is 11.6 Å². The first-order valence-corrected chi connectivity index (χ1v) is 6.65. The molecule has 2 aromatic rings. The van der Waals surface area contributed by atoms with E-state index in [1.54, 1.807) is 43.5 Å². The Bertz CT molecular complexity index is 680. The van der Waals surface area contributed by atoms with E-state index in [0.717, 1.165) is 5.56 Å². The second kappa shape index (κ2) is 6.98. The van der Waals surface area contributed by atoms with Crippen molar-refractivity contribution in [3.63, 3.8) is 0 Å². The Labute approximate surface area is 128 Å². The zero-order valence-corrected chi connectivity index (χ0v) is 12.2. The van der Waals surface area contributed by atoms with Gasteiger partial charge in [-0.3, -0.25) is 0 Å². The summed E-state index contributed by atoms with van der Waals surface area (Å²) in [6.45, 7) is 0.0103. The fourth-order valence-electron chi connectivity index (χ4n) is 1.94. The molecule has 4 nitrogen and oxygen atoms in total. The molecule has 0 aliphatic carbocycles. The van der Waals surface area contributed by atoms with Gasteiger partial charge < -0.3 is 14.6 Å². The number of halogens is 1. The summed E-state index contributed by atoms with van der Waals surface area (Å²) in [5, 5.41) is 18.7. The number of ether oxygens (including phenoxy) is 2. The summed E-state index contributed by atoms with van der Waals surface area (Å²) in [6.07, 6.45) is 0. The summed E-state index contributed by atoms with van der Waals surface area (Å²) in [4.78, 5) is 0. The highest BCUT2D eigenvalue weighted by molar-refractivity contribution is 6.31. The third kappa shape index (κ3) is 3.46. The molecule has 108 valence electrons. The quantitative estimate of drug-likeness (QED) is 0.920. The maximum atomic E-state index is 9.35. The summed E-state index contributed by atoms with van der Waals surface area (Å²) in [5.41, 5.74) is 1.82. The van der Waals surface area contributed by atoms with Crippen LogP contribution in [-0.2, 0) is 13.2 Å². The minimum Gasteiger partial charge on any atom is -0.496 e. The van der Waals surface area contributed by atoms with Crippen molar-refractivity contribution < 1.29 is 14.6 Å². The zero-order valence-electron chi connectivity index (χ0n) is 11.5. The Morgan fingerprint density at radius 2 is 2.05 bits per heavy atom. The van der Waals surface area contributed by atoms with Crippen LogP contribution in [0.4, 0.5) is 0 Å². The molecule has 0 amide bonds. The molecule has 1 N–H and O–H groups in total. The average molecular weight is 304 g/mol. The van der Waals surface area contributed by atoms with Crippen LogP contribution >= 0.6 is 11.6 Å². The number of aliphatic hydroxyl groups is 1. The Morgan fingerprint density at radius 1 is 1.24 bits per heavy atom. The van der Waals surface area contributed by atoms with E-state index in [1.165, 1.54) is 0 Å².